The van der Waals surface area contributed by atoms with Gasteiger partial charge in [-0.25, -0.2) is 14.8 Å². The number of ketones is 1. The van der Waals surface area contributed by atoms with Gasteiger partial charge in [-0.05, 0) is 25.5 Å². The first kappa shape index (κ1) is 25.8. The van der Waals surface area contributed by atoms with Gasteiger partial charge in [0.1, 0.15) is 11.8 Å². The maximum Gasteiger partial charge on any atom is 0.326 e. The second kappa shape index (κ2) is 10.7. The molecule has 6 N–H and O–H groups in total. The lowest BCUT2D eigenvalue weighted by atomic mass is 10.1. The Kier molecular flexibility index (Phi) is 7.87. The van der Waals surface area contributed by atoms with Crippen LogP contribution in [0.4, 0.5) is 17.5 Å². The number of carboxylic acid groups (broad SMARTS) is 1. The van der Waals surface area contributed by atoms with Crippen LogP contribution in [0.1, 0.15) is 35.8 Å². The fourth-order valence-electron chi connectivity index (χ4n) is 3.23. The molecule has 0 bridgehead atoms. The number of amides is 1. The van der Waals surface area contributed by atoms with Crippen LogP contribution in [0.5, 0.6) is 0 Å². The first-order chi connectivity index (χ1) is 16.5. The number of anilines is 3. The number of aliphatic carboxylic acids is 1. The molecule has 0 spiro atoms. The minimum Gasteiger partial charge on any atom is -0.480 e. The largest absolute Gasteiger partial charge is 0.480 e. The van der Waals surface area contributed by atoms with Gasteiger partial charge in [0.2, 0.25) is 5.95 Å². The highest BCUT2D eigenvalue weighted by atomic mass is 35.5. The summed E-state index contributed by atoms with van der Waals surface area (Å²) < 4.78 is 0. The lowest BCUT2D eigenvalue weighted by Gasteiger charge is -2.21. The van der Waals surface area contributed by atoms with E-state index in [0.717, 1.165) is 0 Å². The predicted octanol–water partition coefficient (Wildman–Crippen LogP) is 2.08. The third-order valence-electron chi connectivity index (χ3n) is 4.98. The summed E-state index contributed by atoms with van der Waals surface area (Å²) in [6, 6.07) is 1.76. The zero-order valence-corrected chi connectivity index (χ0v) is 20.3. The van der Waals surface area contributed by atoms with Crippen LogP contribution in [0.25, 0.3) is 11.2 Å². The van der Waals surface area contributed by atoms with Crippen molar-refractivity contribution < 1.29 is 19.5 Å². The molecule has 3 rings (SSSR count). The van der Waals surface area contributed by atoms with Gasteiger partial charge >= 0.3 is 5.97 Å². The van der Waals surface area contributed by atoms with E-state index in [2.05, 4.69) is 25.3 Å². The molecule has 0 aliphatic carbocycles. The van der Waals surface area contributed by atoms with Gasteiger partial charge in [-0.2, -0.15) is 9.97 Å². The molecule has 0 aliphatic heterocycles. The number of nitrogens with zero attached hydrogens (tertiary/aromatic N) is 5. The Hall–Kier alpha value is -3.77. The van der Waals surface area contributed by atoms with Crippen LogP contribution in [-0.4, -0.2) is 55.8 Å². The first-order valence-electron chi connectivity index (χ1n) is 10.2. The van der Waals surface area contributed by atoms with E-state index in [9.17, 15) is 19.5 Å². The summed E-state index contributed by atoms with van der Waals surface area (Å²) in [5, 5.41) is 11.7. The van der Waals surface area contributed by atoms with Crippen molar-refractivity contribution in [2.75, 3.05) is 23.4 Å². The number of hydrogen-bond donors (Lipinski definition) is 4. The second-order valence-corrected chi connectivity index (χ2v) is 8.56. The highest BCUT2D eigenvalue weighted by Gasteiger charge is 2.24. The zero-order valence-electron chi connectivity index (χ0n) is 18.7. The van der Waals surface area contributed by atoms with Gasteiger partial charge in [0.15, 0.2) is 17.0 Å². The lowest BCUT2D eigenvalue weighted by molar-refractivity contribution is -0.139. The monoisotopic (exact) mass is 520 g/mol. The number of Topliss-reactive ketones (excluding diaryl/α,β-unsaturated/α-hetero) is 1. The van der Waals surface area contributed by atoms with E-state index in [0.29, 0.717) is 16.9 Å². The van der Waals surface area contributed by atoms with Crippen LogP contribution < -0.4 is 21.7 Å². The number of hydrogen-bond acceptors (Lipinski definition) is 10. The third kappa shape index (κ3) is 6.22. The predicted molar refractivity (Wildman–Crippen MR) is 131 cm³/mol. The summed E-state index contributed by atoms with van der Waals surface area (Å²) in [6.07, 6.45) is 1.47. The van der Waals surface area contributed by atoms with Gasteiger partial charge in [-0.3, -0.25) is 4.79 Å². The van der Waals surface area contributed by atoms with Crippen LogP contribution in [0.15, 0.2) is 18.3 Å². The average molecular weight is 521 g/mol. The number of nitrogens with two attached hydrogens (primary N) is 2. The molecule has 2 aromatic heterocycles. The highest BCUT2D eigenvalue weighted by molar-refractivity contribution is 6.40. The van der Waals surface area contributed by atoms with E-state index < -0.39 is 17.9 Å². The fraction of sp³-hybridized carbons (Fsp3) is 0.286. The van der Waals surface area contributed by atoms with Gasteiger partial charge in [-0.1, -0.05) is 23.2 Å². The van der Waals surface area contributed by atoms with Crippen molar-refractivity contribution in [3.05, 3.63) is 39.6 Å². The number of carbonyl (C=O) groups excluding carboxylic acids is 2. The molecule has 35 heavy (non-hydrogen) atoms. The normalized spacial score (nSPS) is 11.8. The third-order valence-corrected chi connectivity index (χ3v) is 5.58. The number of carboxylic acids is 1. The number of fused-ring (bicyclic) bond motifs is 1. The number of aromatic nitrogens is 4. The summed E-state index contributed by atoms with van der Waals surface area (Å²) >= 11 is 12.7. The number of nitrogens with one attached hydrogen (secondary N) is 1. The topological polar surface area (TPSA) is 190 Å². The van der Waals surface area contributed by atoms with Gasteiger partial charge in [0.05, 0.1) is 34.0 Å². The highest BCUT2D eigenvalue weighted by Crippen LogP contribution is 2.31. The molecule has 1 atom stereocenters. The summed E-state index contributed by atoms with van der Waals surface area (Å²) in [5.74, 6) is -2.12. The number of carbonyl (C=O) groups is 3. The van der Waals surface area contributed by atoms with Crippen molar-refractivity contribution in [3.63, 3.8) is 0 Å². The van der Waals surface area contributed by atoms with Crippen LogP contribution >= 0.6 is 23.2 Å². The molecular weight excluding hydrogens is 499 g/mol. The average Bonchev–Trinajstić information content (AvgIpc) is 2.76. The van der Waals surface area contributed by atoms with E-state index in [-0.39, 0.29) is 58.2 Å². The van der Waals surface area contributed by atoms with E-state index in [4.69, 9.17) is 34.7 Å². The van der Waals surface area contributed by atoms with E-state index in [1.165, 1.54) is 25.3 Å². The number of halogens is 2. The minimum absolute atomic E-state index is 0.00361. The quantitative estimate of drug-likeness (QED) is 0.322. The SMILES string of the molecule is CC(=O)CC[C@H](NC(=O)c1c(Cl)cc(N(C)Cc2cnc3nc(N)nc(N)c3n2)cc1Cl)C(=O)O. The van der Waals surface area contributed by atoms with Crippen molar-refractivity contribution in [1.29, 1.82) is 0 Å². The Labute approximate surface area is 209 Å². The summed E-state index contributed by atoms with van der Waals surface area (Å²) in [5.41, 5.74) is 13.1. The van der Waals surface area contributed by atoms with Crippen molar-refractivity contribution >= 4 is 69.5 Å². The van der Waals surface area contributed by atoms with Gasteiger partial charge < -0.3 is 31.6 Å². The van der Waals surface area contributed by atoms with Crippen LogP contribution in [0.2, 0.25) is 10.0 Å². The van der Waals surface area contributed by atoms with E-state index in [1.807, 2.05) is 0 Å². The Morgan fingerprint density at radius 1 is 1.14 bits per heavy atom. The van der Waals surface area contributed by atoms with Crippen molar-refractivity contribution in [2.45, 2.75) is 32.4 Å². The fourth-order valence-corrected chi connectivity index (χ4v) is 3.87. The molecule has 0 fully saturated rings. The molecule has 1 aromatic carbocycles. The number of benzene rings is 1. The summed E-state index contributed by atoms with van der Waals surface area (Å²) in [7, 11) is 1.75. The molecule has 0 aliphatic rings. The Bertz CT molecular complexity index is 1300. The molecule has 14 heteroatoms. The second-order valence-electron chi connectivity index (χ2n) is 7.75. The van der Waals surface area contributed by atoms with Crippen molar-refractivity contribution in [3.8, 4) is 0 Å². The van der Waals surface area contributed by atoms with Crippen molar-refractivity contribution in [1.82, 2.24) is 25.3 Å². The van der Waals surface area contributed by atoms with Crippen LogP contribution in [-0.2, 0) is 16.1 Å². The minimum atomic E-state index is -1.27. The molecule has 0 saturated carbocycles. The molecule has 184 valence electrons. The first-order valence-corrected chi connectivity index (χ1v) is 11.0. The van der Waals surface area contributed by atoms with Gasteiger partial charge in [-0.15, -0.1) is 0 Å². The Morgan fingerprint density at radius 3 is 2.40 bits per heavy atom. The van der Waals surface area contributed by atoms with E-state index in [1.54, 1.807) is 11.9 Å². The Morgan fingerprint density at radius 2 is 1.80 bits per heavy atom. The molecule has 3 aromatic rings. The lowest BCUT2D eigenvalue weighted by Crippen LogP contribution is -2.41. The molecule has 0 unspecified atom stereocenters. The zero-order chi connectivity index (χ0) is 25.9. The van der Waals surface area contributed by atoms with Crippen LogP contribution in [0.3, 0.4) is 0 Å². The molecule has 1 amide bonds. The number of nitrogen functional groups attached to an aromatic ring is 2. The van der Waals surface area contributed by atoms with Gasteiger partial charge in [0.25, 0.3) is 5.91 Å². The maximum absolute atomic E-state index is 12.7. The van der Waals surface area contributed by atoms with Crippen LogP contribution in [0, 0.1) is 0 Å². The van der Waals surface area contributed by atoms with Crippen molar-refractivity contribution in [2.24, 2.45) is 0 Å². The molecule has 12 nitrogen and oxygen atoms in total. The Balaban J connectivity index is 1.79. The number of rotatable bonds is 9. The molecule has 0 saturated heterocycles. The van der Waals surface area contributed by atoms with Gasteiger partial charge in [0, 0.05) is 19.2 Å². The summed E-state index contributed by atoms with van der Waals surface area (Å²) in [4.78, 5) is 53.6. The molecule has 0 radical (unpaired) electrons. The standard InChI is InChI=1S/C21H22Cl2N8O4/c1-9(32)3-4-14(20(34)35)28-19(33)15-12(22)5-11(6-13(15)23)31(2)8-10-7-26-18-16(27-10)17(24)29-21(25)30-18/h5-7,14H,3-4,8H2,1-2H3,(H,28,33)(H,34,35)(H4,24,25,26,29,30)/t14-/m0/s1. The molecule has 2 heterocycles. The smallest absolute Gasteiger partial charge is 0.326 e. The maximum atomic E-state index is 12.7. The molecular formula is C21H22Cl2N8O4. The van der Waals surface area contributed by atoms with E-state index >= 15 is 0 Å². The summed E-state index contributed by atoms with van der Waals surface area (Å²) in [6.45, 7) is 1.61.